The average molecular weight is 416 g/mol. The summed E-state index contributed by atoms with van der Waals surface area (Å²) in [5.74, 6) is -2.65. The van der Waals surface area contributed by atoms with E-state index in [0.29, 0.717) is 25.2 Å². The Hall–Kier alpha value is -2.41. The lowest BCUT2D eigenvalue weighted by molar-refractivity contribution is -0.0406. The summed E-state index contributed by atoms with van der Waals surface area (Å²) in [7, 11) is 0. The molecule has 2 fully saturated rings. The maximum atomic E-state index is 13.2. The van der Waals surface area contributed by atoms with Gasteiger partial charge in [-0.05, 0) is 12.8 Å². The maximum Gasteiger partial charge on any atom is 0.407 e. The van der Waals surface area contributed by atoms with Gasteiger partial charge in [0.15, 0.2) is 0 Å². The molecule has 0 unspecified atom stereocenters. The molecule has 1 aromatic rings. The molecule has 0 bridgehead atoms. The number of hydrogen-bond donors (Lipinski definition) is 1. The fraction of sp³-hybridized carbons (Fsp3) is 0.647. The first-order valence-corrected chi connectivity index (χ1v) is 9.39. The molecule has 28 heavy (non-hydrogen) atoms. The molecule has 1 atom stereocenters. The molecule has 1 N–H and O–H groups in total. The molecule has 2 aliphatic rings. The van der Waals surface area contributed by atoms with Gasteiger partial charge in [-0.15, -0.1) is 0 Å². The van der Waals surface area contributed by atoms with Gasteiger partial charge < -0.3 is 15.0 Å². The number of rotatable bonds is 4. The zero-order valence-electron chi connectivity index (χ0n) is 15.0. The van der Waals surface area contributed by atoms with E-state index < -0.39 is 23.7 Å². The summed E-state index contributed by atoms with van der Waals surface area (Å²) in [6.07, 6.45) is 0.867. The van der Waals surface area contributed by atoms with Gasteiger partial charge in [-0.1, -0.05) is 11.6 Å². The van der Waals surface area contributed by atoms with Crippen LogP contribution >= 0.6 is 11.6 Å². The average Bonchev–Trinajstić information content (AvgIpc) is 3.09. The number of hydrogen-bond acceptors (Lipinski definition) is 6. The lowest BCUT2D eigenvalue weighted by Crippen LogP contribution is -2.42. The third kappa shape index (κ3) is 4.70. The van der Waals surface area contributed by atoms with Crippen LogP contribution in [0, 0.1) is 11.3 Å². The van der Waals surface area contributed by atoms with Crippen molar-refractivity contribution in [2.75, 3.05) is 18.0 Å². The fourth-order valence-corrected chi connectivity index (χ4v) is 3.70. The molecule has 1 amide bonds. The molecule has 1 saturated carbocycles. The number of carbonyl (C=O) groups is 1. The number of nitrogens with one attached hydrogen (secondary N) is 1. The summed E-state index contributed by atoms with van der Waals surface area (Å²) in [5.41, 5.74) is -0.140. The first kappa shape index (κ1) is 20.3. The summed E-state index contributed by atoms with van der Waals surface area (Å²) >= 11 is 6.11. The van der Waals surface area contributed by atoms with Crippen LogP contribution < -0.4 is 15.8 Å². The van der Waals surface area contributed by atoms with E-state index in [-0.39, 0.29) is 43.3 Å². The SMILES string of the molecule is N#CCn1ncc(N2CC[C@@H](OC(=O)NC3CCC(F)(F)CC3)C2)c(Cl)c1=O. The molecule has 1 aromatic heterocycles. The minimum atomic E-state index is -2.65. The maximum absolute atomic E-state index is 13.2. The second-order valence-electron chi connectivity index (χ2n) is 7.00. The molecule has 0 spiro atoms. The number of alkyl halides is 2. The molecule has 1 aliphatic carbocycles. The topological polar surface area (TPSA) is 100 Å². The number of nitriles is 1. The van der Waals surface area contributed by atoms with Gasteiger partial charge in [-0.3, -0.25) is 4.79 Å². The molecule has 1 aliphatic heterocycles. The van der Waals surface area contributed by atoms with Crippen molar-refractivity contribution in [1.29, 1.82) is 5.26 Å². The van der Waals surface area contributed by atoms with Crippen molar-refractivity contribution in [2.45, 2.75) is 56.7 Å². The van der Waals surface area contributed by atoms with E-state index in [1.807, 2.05) is 6.07 Å². The van der Waals surface area contributed by atoms with E-state index in [2.05, 4.69) is 10.4 Å². The number of alkyl carbamates (subject to hydrolysis) is 1. The van der Waals surface area contributed by atoms with Crippen molar-refractivity contribution in [2.24, 2.45) is 0 Å². The summed E-state index contributed by atoms with van der Waals surface area (Å²) in [6.45, 7) is 0.647. The van der Waals surface area contributed by atoms with Gasteiger partial charge in [0, 0.05) is 31.8 Å². The Bertz CT molecular complexity index is 831. The number of anilines is 1. The van der Waals surface area contributed by atoms with Crippen molar-refractivity contribution in [3.05, 3.63) is 21.6 Å². The first-order valence-electron chi connectivity index (χ1n) is 9.01. The quantitative estimate of drug-likeness (QED) is 0.809. The highest BCUT2D eigenvalue weighted by atomic mass is 35.5. The van der Waals surface area contributed by atoms with Crippen molar-refractivity contribution in [1.82, 2.24) is 15.1 Å². The molecule has 11 heteroatoms. The van der Waals surface area contributed by atoms with Crippen LogP contribution in [0.3, 0.4) is 0 Å². The van der Waals surface area contributed by atoms with Crippen LogP contribution in [-0.4, -0.2) is 47.0 Å². The van der Waals surface area contributed by atoms with Gasteiger partial charge in [0.05, 0.1) is 24.5 Å². The van der Waals surface area contributed by atoms with Crippen LogP contribution in [0.1, 0.15) is 32.1 Å². The van der Waals surface area contributed by atoms with E-state index >= 15 is 0 Å². The standard InChI is InChI=1S/C17H20ClF2N5O3/c18-14-13(9-22-25(8-6-21)15(14)26)24-7-3-12(10-24)28-16(27)23-11-1-4-17(19,20)5-2-11/h9,11-12H,1-5,7-8,10H2,(H,23,27)/t12-/m1/s1. The predicted molar refractivity (Wildman–Crippen MR) is 96.6 cm³/mol. The van der Waals surface area contributed by atoms with Crippen molar-refractivity contribution in [3.8, 4) is 6.07 Å². The van der Waals surface area contributed by atoms with E-state index in [4.69, 9.17) is 21.6 Å². The number of amides is 1. The van der Waals surface area contributed by atoms with Crippen LogP contribution in [0.2, 0.25) is 5.02 Å². The number of ether oxygens (including phenoxy) is 1. The molecule has 152 valence electrons. The molecular weight excluding hydrogens is 396 g/mol. The van der Waals surface area contributed by atoms with Gasteiger partial charge in [0.2, 0.25) is 5.92 Å². The van der Waals surface area contributed by atoms with E-state index in [1.165, 1.54) is 6.20 Å². The molecule has 8 nitrogen and oxygen atoms in total. The molecular formula is C17H20ClF2N5O3. The van der Waals surface area contributed by atoms with E-state index in [1.54, 1.807) is 4.90 Å². The van der Waals surface area contributed by atoms with Gasteiger partial charge in [-0.25, -0.2) is 18.3 Å². The Morgan fingerprint density at radius 2 is 2.14 bits per heavy atom. The highest BCUT2D eigenvalue weighted by Crippen LogP contribution is 2.33. The smallest absolute Gasteiger partial charge is 0.407 e. The minimum absolute atomic E-state index is 0.0431. The third-order valence-electron chi connectivity index (χ3n) is 4.99. The lowest BCUT2D eigenvalue weighted by atomic mass is 9.92. The third-order valence-corrected chi connectivity index (χ3v) is 5.34. The summed E-state index contributed by atoms with van der Waals surface area (Å²) < 4.78 is 32.7. The largest absolute Gasteiger partial charge is 0.444 e. The van der Waals surface area contributed by atoms with Crippen molar-refractivity contribution in [3.63, 3.8) is 0 Å². The van der Waals surface area contributed by atoms with Crippen LogP contribution in [-0.2, 0) is 11.3 Å². The summed E-state index contributed by atoms with van der Waals surface area (Å²) in [4.78, 5) is 25.9. The molecule has 0 aromatic carbocycles. The van der Waals surface area contributed by atoms with Crippen LogP contribution in [0.15, 0.2) is 11.0 Å². The minimum Gasteiger partial charge on any atom is -0.444 e. The zero-order valence-corrected chi connectivity index (χ0v) is 15.8. The van der Waals surface area contributed by atoms with Gasteiger partial charge in [0.1, 0.15) is 17.7 Å². The second-order valence-corrected chi connectivity index (χ2v) is 7.38. The predicted octanol–water partition coefficient (Wildman–Crippen LogP) is 2.30. The number of nitrogens with zero attached hydrogens (tertiary/aromatic N) is 4. The number of carbonyl (C=O) groups excluding carboxylic acids is 1. The second kappa shape index (κ2) is 8.31. The van der Waals surface area contributed by atoms with Crippen LogP contribution in [0.25, 0.3) is 0 Å². The number of aromatic nitrogens is 2. The highest BCUT2D eigenvalue weighted by Gasteiger charge is 2.36. The molecule has 2 heterocycles. The normalized spacial score (nSPS) is 21.9. The Balaban J connectivity index is 1.53. The Labute approximate surface area is 165 Å². The van der Waals surface area contributed by atoms with Crippen LogP contribution in [0.5, 0.6) is 0 Å². The van der Waals surface area contributed by atoms with Crippen molar-refractivity contribution >= 4 is 23.4 Å². The Morgan fingerprint density at radius 1 is 1.43 bits per heavy atom. The monoisotopic (exact) mass is 415 g/mol. The van der Waals surface area contributed by atoms with E-state index in [9.17, 15) is 18.4 Å². The lowest BCUT2D eigenvalue weighted by Gasteiger charge is -2.28. The van der Waals surface area contributed by atoms with Gasteiger partial charge in [-0.2, -0.15) is 10.4 Å². The first-order chi connectivity index (χ1) is 13.3. The zero-order chi connectivity index (χ0) is 20.3. The molecule has 3 rings (SSSR count). The van der Waals surface area contributed by atoms with Crippen molar-refractivity contribution < 1.29 is 18.3 Å². The Morgan fingerprint density at radius 3 is 2.82 bits per heavy atom. The number of halogens is 3. The molecule has 1 saturated heterocycles. The highest BCUT2D eigenvalue weighted by molar-refractivity contribution is 6.33. The van der Waals surface area contributed by atoms with Gasteiger partial charge in [0.25, 0.3) is 5.56 Å². The fourth-order valence-electron chi connectivity index (χ4n) is 3.44. The Kier molecular flexibility index (Phi) is 6.03. The summed E-state index contributed by atoms with van der Waals surface area (Å²) in [6, 6.07) is 1.52. The summed E-state index contributed by atoms with van der Waals surface area (Å²) in [5, 5.41) is 15.2. The molecule has 0 radical (unpaired) electrons. The van der Waals surface area contributed by atoms with Crippen LogP contribution in [0.4, 0.5) is 19.3 Å². The van der Waals surface area contributed by atoms with Gasteiger partial charge >= 0.3 is 6.09 Å². The van der Waals surface area contributed by atoms with E-state index in [0.717, 1.165) is 4.68 Å².